The van der Waals surface area contributed by atoms with E-state index >= 15 is 0 Å². The van der Waals surface area contributed by atoms with Crippen molar-refractivity contribution in [1.29, 1.82) is 0 Å². The van der Waals surface area contributed by atoms with Crippen LogP contribution in [0, 0.1) is 34.5 Å². The zero-order valence-corrected chi connectivity index (χ0v) is 23.5. The minimum absolute atomic E-state index is 0.106. The van der Waals surface area contributed by atoms with Gasteiger partial charge in [0.1, 0.15) is 19.8 Å². The maximum atomic E-state index is 7.14. The lowest BCUT2D eigenvalue weighted by Crippen LogP contribution is -2.61. The molecule has 7 atom stereocenters. The first-order chi connectivity index (χ1) is 15.4. The first kappa shape index (κ1) is 25.0. The number of allylic oxidation sites excluding steroid dienone is 2. The predicted octanol–water partition coefficient (Wildman–Crippen LogP) is 6.81. The molecule has 0 amide bonds. The van der Waals surface area contributed by atoms with Crippen LogP contribution < -0.4 is 0 Å². The first-order valence-corrected chi connectivity index (χ1v) is 16.4. The summed E-state index contributed by atoms with van der Waals surface area (Å²) < 4.78 is 7.14. The van der Waals surface area contributed by atoms with Crippen LogP contribution in [-0.4, -0.2) is 39.6 Å². The van der Waals surface area contributed by atoms with E-state index in [9.17, 15) is 0 Å². The van der Waals surface area contributed by atoms with Gasteiger partial charge < -0.3 is 14.1 Å². The van der Waals surface area contributed by atoms with E-state index in [0.29, 0.717) is 11.8 Å². The highest BCUT2D eigenvalue weighted by Crippen LogP contribution is 2.69. The van der Waals surface area contributed by atoms with Crippen LogP contribution in [-0.2, 0) is 14.1 Å². The van der Waals surface area contributed by atoms with Gasteiger partial charge in [0, 0.05) is 5.41 Å². The van der Waals surface area contributed by atoms with Crippen molar-refractivity contribution in [2.75, 3.05) is 14.2 Å². The van der Waals surface area contributed by atoms with Gasteiger partial charge in [0.15, 0.2) is 8.32 Å². The molecule has 4 aliphatic rings. The molecule has 0 aliphatic heterocycles. The van der Waals surface area contributed by atoms with Gasteiger partial charge in [-0.1, -0.05) is 36.7 Å². The topological polar surface area (TPSA) is 52.4 Å². The van der Waals surface area contributed by atoms with Crippen LogP contribution in [0.5, 0.6) is 0 Å². The van der Waals surface area contributed by atoms with Crippen molar-refractivity contribution in [3.8, 4) is 0 Å². The van der Waals surface area contributed by atoms with Crippen LogP contribution in [0.1, 0.15) is 72.6 Å². The van der Waals surface area contributed by atoms with E-state index in [1.807, 2.05) is 0 Å². The third-order valence-electron chi connectivity index (χ3n) is 9.92. The molecule has 0 aromatic carbocycles. The summed E-state index contributed by atoms with van der Waals surface area (Å²) in [5, 5.41) is 8.80. The highest BCUT2D eigenvalue weighted by atomic mass is 28.4. The van der Waals surface area contributed by atoms with Crippen LogP contribution >= 0.6 is 0 Å². The van der Waals surface area contributed by atoms with Crippen molar-refractivity contribution in [3.05, 3.63) is 11.6 Å². The van der Waals surface area contributed by atoms with E-state index in [-0.39, 0.29) is 16.4 Å². The summed E-state index contributed by atoms with van der Waals surface area (Å²) in [6.45, 7) is 16.6. The van der Waals surface area contributed by atoms with Gasteiger partial charge in [-0.2, -0.15) is 0 Å². The second-order valence-electron chi connectivity index (χ2n) is 12.7. The molecule has 0 N–H and O–H groups in total. The van der Waals surface area contributed by atoms with E-state index in [4.69, 9.17) is 14.1 Å². The predicted molar refractivity (Wildman–Crippen MR) is 138 cm³/mol. The summed E-state index contributed by atoms with van der Waals surface area (Å²) in [5.41, 5.74) is 3.87. The fourth-order valence-corrected chi connectivity index (χ4v) is 10.3. The van der Waals surface area contributed by atoms with Crippen LogP contribution in [0.25, 0.3) is 0 Å². The lowest BCUT2D eigenvalue weighted by atomic mass is 9.44. The highest BCUT2D eigenvalue weighted by molar-refractivity contribution is 6.70. The Morgan fingerprint density at radius 1 is 1.03 bits per heavy atom. The minimum Gasteiger partial charge on any atom is -0.406 e. The van der Waals surface area contributed by atoms with E-state index in [2.05, 4.69) is 63.7 Å². The molecular weight excluding hydrogens is 428 g/mol. The molecule has 0 spiro atoms. The lowest BCUT2D eigenvalue weighted by molar-refractivity contribution is -0.0946. The quantitative estimate of drug-likeness (QED) is 0.250. The molecule has 4 rings (SSSR count). The average molecular weight is 475 g/mol. The average Bonchev–Trinajstić information content (AvgIpc) is 3.01. The Bertz CT molecular complexity index is 862. The monoisotopic (exact) mass is 474 g/mol. The second-order valence-corrected chi connectivity index (χ2v) is 17.1. The highest BCUT2D eigenvalue weighted by Gasteiger charge is 2.67. The molecular formula is C27H46N2O3Si. The summed E-state index contributed by atoms with van der Waals surface area (Å²) in [7, 11) is 1.53. The Balaban J connectivity index is 1.73. The number of hydrogen-bond acceptors (Lipinski definition) is 5. The molecule has 3 saturated carbocycles. The van der Waals surface area contributed by atoms with Gasteiger partial charge in [0.25, 0.3) is 0 Å². The Labute approximate surface area is 202 Å². The first-order valence-electron chi connectivity index (χ1n) is 13.0. The molecule has 0 aromatic rings. The third-order valence-corrected chi connectivity index (χ3v) is 10.9. The van der Waals surface area contributed by atoms with Crippen molar-refractivity contribution >= 4 is 19.7 Å². The largest absolute Gasteiger partial charge is 0.406 e. The molecule has 6 heteroatoms. The number of oxime groups is 2. The fourth-order valence-electron chi connectivity index (χ4n) is 8.75. The zero-order valence-electron chi connectivity index (χ0n) is 22.5. The molecule has 186 valence electrons. The normalized spacial score (nSPS) is 44.6. The van der Waals surface area contributed by atoms with Crippen LogP contribution in [0.4, 0.5) is 0 Å². The minimum atomic E-state index is -1.80. The number of fused-ring (bicyclic) bond motifs is 5. The smallest absolute Gasteiger partial charge is 0.185 e. The van der Waals surface area contributed by atoms with Gasteiger partial charge in [-0.3, -0.25) is 0 Å². The van der Waals surface area contributed by atoms with E-state index < -0.39 is 8.32 Å². The van der Waals surface area contributed by atoms with Crippen LogP contribution in [0.15, 0.2) is 22.0 Å². The van der Waals surface area contributed by atoms with Gasteiger partial charge in [-0.25, -0.2) is 0 Å². The van der Waals surface area contributed by atoms with Crippen molar-refractivity contribution in [2.45, 2.75) is 97.9 Å². The molecule has 0 aromatic heterocycles. The van der Waals surface area contributed by atoms with Gasteiger partial charge in [0.05, 0.1) is 11.4 Å². The molecule has 5 nitrogen and oxygen atoms in total. The SMILES string of the molecule is CO/N=C1\C=C2[C@@H](C)C[C@@H]3[C@H](CC[C@@]4(C)[C@H]3CC[C@]4(O[Si](C)(C)C)/C(C)=N\OC)[C@@]2(C)CC1. The van der Waals surface area contributed by atoms with Gasteiger partial charge in [-0.15, -0.1) is 0 Å². The van der Waals surface area contributed by atoms with Gasteiger partial charge >= 0.3 is 0 Å². The summed E-state index contributed by atoms with van der Waals surface area (Å²) in [4.78, 5) is 10.4. The zero-order chi connectivity index (χ0) is 24.2. The van der Waals surface area contributed by atoms with Crippen molar-refractivity contribution < 1.29 is 14.1 Å². The maximum Gasteiger partial charge on any atom is 0.185 e. The Kier molecular flexibility index (Phi) is 6.44. The van der Waals surface area contributed by atoms with Crippen molar-refractivity contribution in [1.82, 2.24) is 0 Å². The number of nitrogens with zero attached hydrogens (tertiary/aromatic N) is 2. The Morgan fingerprint density at radius 3 is 2.36 bits per heavy atom. The van der Waals surface area contributed by atoms with Crippen LogP contribution in [0.3, 0.4) is 0 Å². The molecule has 0 bridgehead atoms. The van der Waals surface area contributed by atoms with E-state index in [1.165, 1.54) is 32.1 Å². The molecule has 0 saturated heterocycles. The molecule has 0 radical (unpaired) electrons. The van der Waals surface area contributed by atoms with Crippen molar-refractivity contribution in [2.24, 2.45) is 44.8 Å². The van der Waals surface area contributed by atoms with Gasteiger partial charge in [-0.05, 0) is 107 Å². The summed E-state index contributed by atoms with van der Waals surface area (Å²) >= 11 is 0. The molecule has 0 unspecified atom stereocenters. The lowest BCUT2D eigenvalue weighted by Gasteiger charge is -2.61. The fraction of sp³-hybridized carbons (Fsp3) is 0.852. The Hall–Kier alpha value is -1.14. The third kappa shape index (κ3) is 3.83. The number of hydrogen-bond donors (Lipinski definition) is 0. The standard InChI is InChI=1S/C27H46N2O3Si/c1-18-16-21-22(25(3)13-10-20(29-31-6)17-24(18)25)11-14-26(4)23(21)12-15-27(26,19(2)28-30-5)32-33(7,8)9/h17-18,21-23H,10-16H2,1-9H3/b28-19-,29-20-/t18-,21+,22-,23-,25+,26-,27-/m0/s1. The van der Waals surface area contributed by atoms with Crippen molar-refractivity contribution in [3.63, 3.8) is 0 Å². The van der Waals surface area contributed by atoms with Crippen LogP contribution in [0.2, 0.25) is 19.6 Å². The Morgan fingerprint density at radius 2 is 1.73 bits per heavy atom. The summed E-state index contributed by atoms with van der Waals surface area (Å²) in [6, 6.07) is 0. The summed E-state index contributed by atoms with van der Waals surface area (Å²) in [6.07, 6.45) is 10.6. The molecule has 33 heavy (non-hydrogen) atoms. The maximum absolute atomic E-state index is 7.14. The van der Waals surface area contributed by atoms with Gasteiger partial charge in [0.2, 0.25) is 0 Å². The van der Waals surface area contributed by atoms with E-state index in [1.54, 1.807) is 19.8 Å². The second kappa shape index (κ2) is 8.51. The summed E-state index contributed by atoms with van der Waals surface area (Å²) in [5.74, 6) is 2.74. The molecule has 0 heterocycles. The molecule has 3 fully saturated rings. The molecule has 4 aliphatic carbocycles. The number of rotatable bonds is 5. The van der Waals surface area contributed by atoms with E-state index in [0.717, 1.165) is 36.1 Å².